The van der Waals surface area contributed by atoms with Crippen LogP contribution in [0.25, 0.3) is 0 Å². The fourth-order valence-electron chi connectivity index (χ4n) is 2.41. The standard InChI is InChI=1S/C15H19N3O2/c16-8-11-4-6-13(7-5-11)17-10-15(20)18-9-12-2-1-3-14(12)19/h4-7,12,14,17,19H,1-3,9-10H2,(H,18,20). The summed E-state index contributed by atoms with van der Waals surface area (Å²) in [6.07, 6.45) is 2.57. The molecule has 3 N–H and O–H groups in total. The zero-order valence-corrected chi connectivity index (χ0v) is 11.3. The normalized spacial score (nSPS) is 21.2. The molecule has 0 spiro atoms. The predicted octanol–water partition coefficient (Wildman–Crippen LogP) is 1.25. The zero-order chi connectivity index (χ0) is 14.4. The summed E-state index contributed by atoms with van der Waals surface area (Å²) in [6.45, 7) is 0.726. The molecule has 1 aromatic carbocycles. The number of hydrogen-bond acceptors (Lipinski definition) is 4. The van der Waals surface area contributed by atoms with Crippen molar-refractivity contribution >= 4 is 11.6 Å². The van der Waals surface area contributed by atoms with E-state index in [0.717, 1.165) is 24.9 Å². The van der Waals surface area contributed by atoms with Gasteiger partial charge in [-0.05, 0) is 37.1 Å². The first kappa shape index (κ1) is 14.4. The summed E-state index contributed by atoms with van der Waals surface area (Å²) in [6, 6.07) is 8.99. The molecule has 1 aliphatic rings. The highest BCUT2D eigenvalue weighted by atomic mass is 16.3. The van der Waals surface area contributed by atoms with E-state index in [1.165, 1.54) is 0 Å². The Bertz CT molecular complexity index is 493. The van der Waals surface area contributed by atoms with Gasteiger partial charge in [0.15, 0.2) is 0 Å². The lowest BCUT2D eigenvalue weighted by Gasteiger charge is -2.15. The predicted molar refractivity (Wildman–Crippen MR) is 76.0 cm³/mol. The number of nitriles is 1. The number of anilines is 1. The number of nitrogens with one attached hydrogen (secondary N) is 2. The maximum Gasteiger partial charge on any atom is 0.239 e. The van der Waals surface area contributed by atoms with Crippen LogP contribution in [0.4, 0.5) is 5.69 Å². The SMILES string of the molecule is N#Cc1ccc(NCC(=O)NCC2CCCC2O)cc1. The van der Waals surface area contributed by atoms with E-state index in [-0.39, 0.29) is 24.5 Å². The first-order valence-electron chi connectivity index (χ1n) is 6.88. The summed E-state index contributed by atoms with van der Waals surface area (Å²) in [5.41, 5.74) is 1.40. The molecule has 5 heteroatoms. The first-order chi connectivity index (χ1) is 9.69. The molecule has 2 atom stereocenters. The van der Waals surface area contributed by atoms with Crippen LogP contribution in [0.3, 0.4) is 0 Å². The monoisotopic (exact) mass is 273 g/mol. The van der Waals surface area contributed by atoms with Gasteiger partial charge in [-0.2, -0.15) is 5.26 Å². The molecule has 1 saturated carbocycles. The van der Waals surface area contributed by atoms with Gasteiger partial charge in [-0.3, -0.25) is 4.79 Å². The Morgan fingerprint density at radius 2 is 2.10 bits per heavy atom. The van der Waals surface area contributed by atoms with Gasteiger partial charge in [0.1, 0.15) is 0 Å². The highest BCUT2D eigenvalue weighted by Gasteiger charge is 2.25. The van der Waals surface area contributed by atoms with Crippen molar-refractivity contribution in [1.29, 1.82) is 5.26 Å². The van der Waals surface area contributed by atoms with Crippen molar-refractivity contribution in [3.05, 3.63) is 29.8 Å². The van der Waals surface area contributed by atoms with Gasteiger partial charge >= 0.3 is 0 Å². The summed E-state index contributed by atoms with van der Waals surface area (Å²) in [7, 11) is 0. The van der Waals surface area contributed by atoms with Crippen molar-refractivity contribution < 1.29 is 9.90 Å². The van der Waals surface area contributed by atoms with Gasteiger partial charge in [0, 0.05) is 18.2 Å². The van der Waals surface area contributed by atoms with E-state index >= 15 is 0 Å². The van der Waals surface area contributed by atoms with Gasteiger partial charge < -0.3 is 15.7 Å². The van der Waals surface area contributed by atoms with Crippen LogP contribution in [0, 0.1) is 17.2 Å². The molecule has 2 unspecified atom stereocenters. The van der Waals surface area contributed by atoms with Crippen molar-refractivity contribution in [2.24, 2.45) is 5.92 Å². The van der Waals surface area contributed by atoms with Gasteiger partial charge in [-0.25, -0.2) is 0 Å². The molecule has 0 aromatic heterocycles. The molecule has 20 heavy (non-hydrogen) atoms. The van der Waals surface area contributed by atoms with Gasteiger partial charge in [0.2, 0.25) is 5.91 Å². The summed E-state index contributed by atoms with van der Waals surface area (Å²) < 4.78 is 0. The second-order valence-corrected chi connectivity index (χ2v) is 5.11. The fourth-order valence-corrected chi connectivity index (χ4v) is 2.41. The van der Waals surface area contributed by atoms with Crippen molar-refractivity contribution in [3.8, 4) is 6.07 Å². The Balaban J connectivity index is 1.70. The number of carbonyl (C=O) groups excluding carboxylic acids is 1. The topological polar surface area (TPSA) is 85.2 Å². The number of hydrogen-bond donors (Lipinski definition) is 3. The van der Waals surface area contributed by atoms with Gasteiger partial charge in [-0.1, -0.05) is 6.42 Å². The molecule has 0 bridgehead atoms. The van der Waals surface area contributed by atoms with Crippen LogP contribution in [-0.2, 0) is 4.79 Å². The molecule has 1 aromatic rings. The third-order valence-electron chi connectivity index (χ3n) is 3.65. The maximum absolute atomic E-state index is 11.7. The third-order valence-corrected chi connectivity index (χ3v) is 3.65. The Labute approximate surface area is 118 Å². The molecule has 5 nitrogen and oxygen atoms in total. The van der Waals surface area contributed by atoms with Crippen LogP contribution in [0.5, 0.6) is 0 Å². The largest absolute Gasteiger partial charge is 0.393 e. The molecular weight excluding hydrogens is 254 g/mol. The average molecular weight is 273 g/mol. The minimum Gasteiger partial charge on any atom is -0.393 e. The molecular formula is C15H19N3O2. The molecule has 0 saturated heterocycles. The number of benzene rings is 1. The Kier molecular flexibility index (Phi) is 4.97. The fraction of sp³-hybridized carbons (Fsp3) is 0.467. The number of rotatable bonds is 5. The van der Waals surface area contributed by atoms with Crippen LogP contribution in [0.15, 0.2) is 24.3 Å². The molecule has 0 heterocycles. The van der Waals surface area contributed by atoms with Crippen LogP contribution in [0.2, 0.25) is 0 Å². The molecule has 1 aliphatic carbocycles. The van der Waals surface area contributed by atoms with Crippen LogP contribution < -0.4 is 10.6 Å². The van der Waals surface area contributed by atoms with E-state index in [1.54, 1.807) is 24.3 Å². The van der Waals surface area contributed by atoms with E-state index < -0.39 is 0 Å². The second-order valence-electron chi connectivity index (χ2n) is 5.11. The average Bonchev–Trinajstić information content (AvgIpc) is 2.89. The number of carbonyl (C=O) groups is 1. The van der Waals surface area contributed by atoms with Crippen LogP contribution in [0.1, 0.15) is 24.8 Å². The van der Waals surface area contributed by atoms with Crippen molar-refractivity contribution in [2.45, 2.75) is 25.4 Å². The molecule has 2 rings (SSSR count). The van der Waals surface area contributed by atoms with E-state index in [2.05, 4.69) is 10.6 Å². The van der Waals surface area contributed by atoms with Gasteiger partial charge in [-0.15, -0.1) is 0 Å². The smallest absolute Gasteiger partial charge is 0.239 e. The van der Waals surface area contributed by atoms with E-state index in [0.29, 0.717) is 12.1 Å². The Morgan fingerprint density at radius 3 is 2.70 bits per heavy atom. The highest BCUT2D eigenvalue weighted by Crippen LogP contribution is 2.24. The summed E-state index contributed by atoms with van der Waals surface area (Å²) >= 11 is 0. The number of nitrogens with zero attached hydrogens (tertiary/aromatic N) is 1. The van der Waals surface area contributed by atoms with Crippen LogP contribution >= 0.6 is 0 Å². The van der Waals surface area contributed by atoms with Crippen molar-refractivity contribution in [2.75, 3.05) is 18.4 Å². The minimum absolute atomic E-state index is 0.0894. The molecule has 1 fully saturated rings. The second kappa shape index (κ2) is 6.92. The van der Waals surface area contributed by atoms with Crippen molar-refractivity contribution in [1.82, 2.24) is 5.32 Å². The quantitative estimate of drug-likeness (QED) is 0.753. The van der Waals surface area contributed by atoms with E-state index in [9.17, 15) is 9.90 Å². The van der Waals surface area contributed by atoms with Crippen molar-refractivity contribution in [3.63, 3.8) is 0 Å². The molecule has 0 radical (unpaired) electrons. The zero-order valence-electron chi connectivity index (χ0n) is 11.3. The molecule has 106 valence electrons. The summed E-state index contributed by atoms with van der Waals surface area (Å²) in [4.78, 5) is 11.7. The lowest BCUT2D eigenvalue weighted by Crippen LogP contribution is -2.35. The lowest BCUT2D eigenvalue weighted by atomic mass is 10.1. The number of aliphatic hydroxyl groups is 1. The maximum atomic E-state index is 11.7. The summed E-state index contributed by atoms with van der Waals surface area (Å²) in [5, 5.41) is 24.2. The number of amides is 1. The minimum atomic E-state index is -0.276. The molecule has 0 aliphatic heterocycles. The first-order valence-corrected chi connectivity index (χ1v) is 6.88. The van der Waals surface area contributed by atoms with Gasteiger partial charge in [0.25, 0.3) is 0 Å². The molecule has 1 amide bonds. The van der Waals surface area contributed by atoms with Gasteiger partial charge in [0.05, 0.1) is 24.3 Å². The Morgan fingerprint density at radius 1 is 1.35 bits per heavy atom. The van der Waals surface area contributed by atoms with Crippen LogP contribution in [-0.4, -0.2) is 30.2 Å². The lowest BCUT2D eigenvalue weighted by molar-refractivity contribution is -0.119. The number of aliphatic hydroxyl groups excluding tert-OH is 1. The van der Waals surface area contributed by atoms with E-state index in [1.807, 2.05) is 6.07 Å². The van der Waals surface area contributed by atoms with E-state index in [4.69, 9.17) is 5.26 Å². The Hall–Kier alpha value is -2.06. The third kappa shape index (κ3) is 3.97. The highest BCUT2D eigenvalue weighted by molar-refractivity contribution is 5.80. The summed E-state index contributed by atoms with van der Waals surface area (Å²) in [5.74, 6) is 0.0994.